The van der Waals surface area contributed by atoms with E-state index in [1.165, 1.54) is 61.7 Å². The average molecular weight is 865 g/mol. The summed E-state index contributed by atoms with van der Waals surface area (Å²) in [7, 11) is 11.3. The summed E-state index contributed by atoms with van der Waals surface area (Å²) in [4.78, 5) is 4.70. The van der Waals surface area contributed by atoms with Crippen molar-refractivity contribution < 1.29 is 13.5 Å². The number of nitrogens with zero attached hydrogens (tertiary/aromatic N) is 2. The first-order valence-electron chi connectivity index (χ1n) is 20.2. The van der Waals surface area contributed by atoms with Crippen molar-refractivity contribution in [2.45, 2.75) is 155 Å². The Morgan fingerprint density at radius 3 is 1.21 bits per heavy atom. The average Bonchev–Trinajstić information content (AvgIpc) is 3.58. The van der Waals surface area contributed by atoms with Crippen LogP contribution in [0.2, 0.25) is 0 Å². The molecular weight excluding hydrogens is 795 g/mol. The summed E-state index contributed by atoms with van der Waals surface area (Å²) in [6.07, 6.45) is 28.2. The van der Waals surface area contributed by atoms with Gasteiger partial charge in [0, 0.05) is 39.1 Å². The zero-order valence-corrected chi connectivity index (χ0v) is 38.2. The fraction of sp³-hybridized carbons (Fsp3) is 0.532. The molecule has 0 saturated heterocycles. The summed E-state index contributed by atoms with van der Waals surface area (Å²) in [6.45, 7) is 14.0. The second kappa shape index (κ2) is 22.2. The SMILES string of the molecule is C1CCC([PH+](C2CCCCC2)C2CCCCC2)CC1.Cc1cc(C)c(N2C=CN(c3c(C)cc(C)cc3C)C2)c(C)c1.[CH3+].[Cl][Ru]([Cl])=[CH]c1ccccc1. The number of halogens is 2. The molecule has 0 amide bonds. The summed E-state index contributed by atoms with van der Waals surface area (Å²) in [5, 5.41) is 0. The molecule has 3 saturated carbocycles. The van der Waals surface area contributed by atoms with E-state index in [9.17, 15) is 0 Å². The van der Waals surface area contributed by atoms with E-state index >= 15 is 0 Å². The fourth-order valence-electron chi connectivity index (χ4n) is 9.88. The molecule has 0 atom stereocenters. The zero-order chi connectivity index (χ0) is 37.0. The molecule has 53 heavy (non-hydrogen) atoms. The first-order valence-corrected chi connectivity index (χ1v) is 27.4. The van der Waals surface area contributed by atoms with Crippen molar-refractivity contribution in [1.29, 1.82) is 0 Å². The van der Waals surface area contributed by atoms with E-state index in [0.717, 1.165) is 12.2 Å². The summed E-state index contributed by atoms with van der Waals surface area (Å²) in [5.74, 6) is 0. The third-order valence-corrected chi connectivity index (χ3v) is 18.2. The Morgan fingerprint density at radius 2 is 0.887 bits per heavy atom. The van der Waals surface area contributed by atoms with Crippen LogP contribution in [-0.4, -0.2) is 28.3 Å². The molecule has 0 radical (unpaired) electrons. The van der Waals surface area contributed by atoms with Gasteiger partial charge in [0.05, 0.1) is 23.6 Å². The van der Waals surface area contributed by atoms with Crippen LogP contribution in [-0.2, 0) is 13.5 Å². The van der Waals surface area contributed by atoms with Crippen molar-refractivity contribution >= 4 is 43.3 Å². The Bertz CT molecular complexity index is 1460. The summed E-state index contributed by atoms with van der Waals surface area (Å²) in [5.41, 5.74) is 15.5. The van der Waals surface area contributed by atoms with E-state index in [0.29, 0.717) is 0 Å². The third kappa shape index (κ3) is 13.0. The van der Waals surface area contributed by atoms with Gasteiger partial charge in [-0.25, -0.2) is 0 Å². The number of anilines is 2. The summed E-state index contributed by atoms with van der Waals surface area (Å²) >= 11 is -1.61. The van der Waals surface area contributed by atoms with Crippen LogP contribution in [0, 0.1) is 49.0 Å². The Kier molecular flexibility index (Phi) is 18.5. The van der Waals surface area contributed by atoms with Gasteiger partial charge in [-0.1, -0.05) is 54.7 Å². The Hall–Kier alpha value is -1.63. The molecule has 0 spiro atoms. The minimum absolute atomic E-state index is 0. The van der Waals surface area contributed by atoms with Gasteiger partial charge >= 0.3 is 73.4 Å². The normalized spacial score (nSPS) is 18.5. The van der Waals surface area contributed by atoms with Gasteiger partial charge in [0.1, 0.15) is 0 Å². The molecule has 2 nitrogen and oxygen atoms in total. The van der Waals surface area contributed by atoms with Crippen molar-refractivity contribution in [1.82, 2.24) is 0 Å². The van der Waals surface area contributed by atoms with Gasteiger partial charge in [-0.3, -0.25) is 0 Å². The van der Waals surface area contributed by atoms with Crippen LogP contribution < -0.4 is 9.80 Å². The van der Waals surface area contributed by atoms with Crippen molar-refractivity contribution in [2.75, 3.05) is 16.5 Å². The number of hydrogen-bond donors (Lipinski definition) is 0. The molecule has 0 aromatic heterocycles. The summed E-state index contributed by atoms with van der Waals surface area (Å²) < 4.78 is 1.92. The predicted molar refractivity (Wildman–Crippen MR) is 239 cm³/mol. The van der Waals surface area contributed by atoms with Gasteiger partial charge < -0.3 is 9.80 Å². The van der Waals surface area contributed by atoms with E-state index in [-0.39, 0.29) is 15.3 Å². The van der Waals surface area contributed by atoms with Crippen LogP contribution in [0.25, 0.3) is 0 Å². The molecule has 0 N–H and O–H groups in total. The van der Waals surface area contributed by atoms with Crippen LogP contribution in [0.5, 0.6) is 0 Å². The molecule has 1 heterocycles. The molecule has 3 aromatic rings. The quantitative estimate of drug-likeness (QED) is 0.138. The van der Waals surface area contributed by atoms with Crippen molar-refractivity contribution in [3.63, 3.8) is 0 Å². The van der Waals surface area contributed by atoms with E-state index in [2.05, 4.69) is 88.0 Å². The maximum absolute atomic E-state index is 5.67. The molecule has 7 rings (SSSR count). The van der Waals surface area contributed by atoms with Gasteiger partial charge in [-0.05, 0) is 141 Å². The van der Waals surface area contributed by atoms with Crippen LogP contribution in [0.1, 0.15) is 135 Å². The Labute approximate surface area is 339 Å². The third-order valence-electron chi connectivity index (χ3n) is 11.8. The van der Waals surface area contributed by atoms with Crippen molar-refractivity contribution in [3.8, 4) is 0 Å². The second-order valence-corrected chi connectivity index (χ2v) is 25.3. The van der Waals surface area contributed by atoms with Gasteiger partial charge in [0.2, 0.25) is 0 Å². The van der Waals surface area contributed by atoms with Gasteiger partial charge in [0.25, 0.3) is 0 Å². The molecule has 0 bridgehead atoms. The topological polar surface area (TPSA) is 6.48 Å². The van der Waals surface area contributed by atoms with E-state index in [1.807, 2.05) is 34.9 Å². The number of aryl methyl sites for hydroxylation is 6. The molecule has 3 fully saturated rings. The molecular formula is C47H69Cl2N2PRu+2. The Balaban J connectivity index is 0.000000189. The van der Waals surface area contributed by atoms with E-state index in [1.54, 1.807) is 96.3 Å². The fourth-order valence-corrected chi connectivity index (χ4v) is 16.9. The monoisotopic (exact) mass is 864 g/mol. The van der Waals surface area contributed by atoms with Gasteiger partial charge in [0.15, 0.2) is 0 Å². The molecule has 3 aliphatic carbocycles. The van der Waals surface area contributed by atoms with Crippen molar-refractivity contribution in [3.05, 3.63) is 113 Å². The molecule has 6 heteroatoms. The molecule has 1 aliphatic heterocycles. The van der Waals surface area contributed by atoms with Crippen LogP contribution >= 0.6 is 27.3 Å². The number of benzene rings is 3. The molecule has 0 unspecified atom stereocenters. The van der Waals surface area contributed by atoms with Crippen LogP contribution in [0.15, 0.2) is 67.0 Å². The minimum atomic E-state index is -1.61. The number of rotatable bonds is 6. The molecule has 292 valence electrons. The van der Waals surface area contributed by atoms with Crippen molar-refractivity contribution in [2.24, 2.45) is 0 Å². The van der Waals surface area contributed by atoms with Gasteiger partial charge in [-0.2, -0.15) is 0 Å². The first-order chi connectivity index (χ1) is 25.1. The second-order valence-electron chi connectivity index (χ2n) is 16.1. The van der Waals surface area contributed by atoms with Gasteiger partial charge in [-0.15, -0.1) is 0 Å². The van der Waals surface area contributed by atoms with E-state index < -0.39 is 13.5 Å². The summed E-state index contributed by atoms with van der Waals surface area (Å²) in [6, 6.07) is 19.0. The molecule has 3 aromatic carbocycles. The standard InChI is InChI=1S/C21H26N2.C18H33P.C7H6.CH3.2ClH.Ru/c1-14-9-16(3)20(17(4)10-14)22-7-8-23(13-22)21-18(5)11-15(2)12-19(21)6;1-4-10-16(11-5-1)19(17-12-6-2-7-13-17)18-14-8-3-9-15-18;1-7-5-3-2-4-6-7;;;;/h7-12H,13H2,1-6H3;16-18H,1-15H2;1-6H;1H3;2*1H;/q;;;+1;;;+2/p-1. The maximum atomic E-state index is 5.67. The van der Waals surface area contributed by atoms with Crippen LogP contribution in [0.3, 0.4) is 0 Å². The first kappa shape index (κ1) is 44.1. The number of hydrogen-bond acceptors (Lipinski definition) is 2. The zero-order valence-electron chi connectivity index (χ0n) is 34.0. The Morgan fingerprint density at radius 1 is 0.547 bits per heavy atom. The van der Waals surface area contributed by atoms with Crippen LogP contribution in [0.4, 0.5) is 11.4 Å². The predicted octanol–water partition coefficient (Wildman–Crippen LogP) is 14.7. The van der Waals surface area contributed by atoms with E-state index in [4.69, 9.17) is 19.4 Å². The molecule has 4 aliphatic rings.